The minimum atomic E-state index is 0.0303. The maximum absolute atomic E-state index is 12.4. The van der Waals surface area contributed by atoms with E-state index in [1.54, 1.807) is 0 Å². The Morgan fingerprint density at radius 1 is 1.15 bits per heavy atom. The van der Waals surface area contributed by atoms with Crippen molar-refractivity contribution in [2.75, 3.05) is 24.5 Å². The molecule has 0 spiro atoms. The van der Waals surface area contributed by atoms with Crippen LogP contribution in [0.25, 0.3) is 11.1 Å². The average Bonchev–Trinajstić information content (AvgIpc) is 2.72. The Labute approximate surface area is 155 Å². The fraction of sp³-hybridized carbons (Fsp3) is 0.476. The first-order chi connectivity index (χ1) is 12.8. The van der Waals surface area contributed by atoms with E-state index in [1.165, 1.54) is 12.8 Å². The molecular formula is C21H28N4O. The summed E-state index contributed by atoms with van der Waals surface area (Å²) in [5, 5.41) is 3.08. The molecule has 26 heavy (non-hydrogen) atoms. The standard InChI is InChI=1S/C21H28N4O/c1-2-3-7-12-22-20(26)18-11-8-13-25(16-18)21-23-14-19(15-24-21)17-9-5-4-6-10-17/h4-6,9-10,14-15,18H,2-3,7-8,11-13,16H2,1H3,(H,22,26). The molecule has 2 heterocycles. The molecule has 3 rings (SSSR count). The zero-order valence-corrected chi connectivity index (χ0v) is 15.5. The Hall–Kier alpha value is -2.43. The molecule has 0 bridgehead atoms. The third-order valence-electron chi connectivity index (χ3n) is 4.90. The van der Waals surface area contributed by atoms with Gasteiger partial charge in [0, 0.05) is 37.6 Å². The fourth-order valence-corrected chi connectivity index (χ4v) is 3.37. The molecule has 1 amide bonds. The van der Waals surface area contributed by atoms with Crippen LogP contribution in [-0.4, -0.2) is 35.5 Å². The maximum Gasteiger partial charge on any atom is 0.225 e. The third-order valence-corrected chi connectivity index (χ3v) is 4.90. The van der Waals surface area contributed by atoms with Crippen molar-refractivity contribution in [3.63, 3.8) is 0 Å². The van der Waals surface area contributed by atoms with Crippen molar-refractivity contribution in [1.29, 1.82) is 0 Å². The van der Waals surface area contributed by atoms with Gasteiger partial charge in [-0.1, -0.05) is 50.1 Å². The predicted octanol–water partition coefficient (Wildman–Crippen LogP) is 3.67. The molecule has 1 fully saturated rings. The Morgan fingerprint density at radius 3 is 2.65 bits per heavy atom. The van der Waals surface area contributed by atoms with Gasteiger partial charge in [-0.25, -0.2) is 9.97 Å². The quantitative estimate of drug-likeness (QED) is 0.773. The Kier molecular flexibility index (Phi) is 6.58. The summed E-state index contributed by atoms with van der Waals surface area (Å²) in [6.45, 7) is 4.56. The highest BCUT2D eigenvalue weighted by Crippen LogP contribution is 2.22. The van der Waals surface area contributed by atoms with Crippen LogP contribution in [0.15, 0.2) is 42.7 Å². The summed E-state index contributed by atoms with van der Waals surface area (Å²) >= 11 is 0. The summed E-state index contributed by atoms with van der Waals surface area (Å²) in [6.07, 6.45) is 9.07. The van der Waals surface area contributed by atoms with Crippen molar-refractivity contribution >= 4 is 11.9 Å². The number of carbonyl (C=O) groups excluding carboxylic acids is 1. The van der Waals surface area contributed by atoms with E-state index in [2.05, 4.69) is 39.2 Å². The Bertz CT molecular complexity index is 687. The summed E-state index contributed by atoms with van der Waals surface area (Å²) in [5.41, 5.74) is 2.12. The summed E-state index contributed by atoms with van der Waals surface area (Å²) in [4.78, 5) is 23.6. The second-order valence-corrected chi connectivity index (χ2v) is 6.92. The van der Waals surface area contributed by atoms with Gasteiger partial charge < -0.3 is 10.2 Å². The van der Waals surface area contributed by atoms with Crippen molar-refractivity contribution in [3.05, 3.63) is 42.7 Å². The molecule has 1 saturated heterocycles. The molecular weight excluding hydrogens is 324 g/mol. The van der Waals surface area contributed by atoms with E-state index in [0.717, 1.165) is 43.5 Å². The molecule has 138 valence electrons. The van der Waals surface area contributed by atoms with Gasteiger partial charge in [0.2, 0.25) is 11.9 Å². The molecule has 0 aliphatic carbocycles. The normalized spacial score (nSPS) is 17.1. The van der Waals surface area contributed by atoms with E-state index >= 15 is 0 Å². The first-order valence-corrected chi connectivity index (χ1v) is 9.68. The van der Waals surface area contributed by atoms with E-state index in [9.17, 15) is 4.79 Å². The first-order valence-electron chi connectivity index (χ1n) is 9.68. The van der Waals surface area contributed by atoms with Crippen molar-refractivity contribution in [1.82, 2.24) is 15.3 Å². The van der Waals surface area contributed by atoms with Crippen LogP contribution in [0.5, 0.6) is 0 Å². The number of unbranched alkanes of at least 4 members (excludes halogenated alkanes) is 2. The SMILES string of the molecule is CCCCCNC(=O)C1CCCN(c2ncc(-c3ccccc3)cn2)C1. The Balaban J connectivity index is 1.58. The molecule has 0 saturated carbocycles. The minimum Gasteiger partial charge on any atom is -0.356 e. The molecule has 5 nitrogen and oxygen atoms in total. The van der Waals surface area contributed by atoms with Gasteiger partial charge in [0.25, 0.3) is 0 Å². The number of carbonyl (C=O) groups is 1. The number of hydrogen-bond acceptors (Lipinski definition) is 4. The smallest absolute Gasteiger partial charge is 0.225 e. The first kappa shape index (κ1) is 18.4. The Morgan fingerprint density at radius 2 is 1.92 bits per heavy atom. The lowest BCUT2D eigenvalue weighted by atomic mass is 9.97. The lowest BCUT2D eigenvalue weighted by Gasteiger charge is -2.32. The molecule has 1 unspecified atom stereocenters. The van der Waals surface area contributed by atoms with Crippen LogP contribution in [-0.2, 0) is 4.79 Å². The lowest BCUT2D eigenvalue weighted by molar-refractivity contribution is -0.125. The number of hydrogen-bond donors (Lipinski definition) is 1. The topological polar surface area (TPSA) is 58.1 Å². The van der Waals surface area contributed by atoms with Crippen molar-refractivity contribution in [2.45, 2.75) is 39.0 Å². The third kappa shape index (κ3) is 4.81. The largest absolute Gasteiger partial charge is 0.356 e. The van der Waals surface area contributed by atoms with Gasteiger partial charge in [-0.2, -0.15) is 0 Å². The van der Waals surface area contributed by atoms with Crippen molar-refractivity contribution in [3.8, 4) is 11.1 Å². The monoisotopic (exact) mass is 352 g/mol. The van der Waals surface area contributed by atoms with Gasteiger partial charge in [0.1, 0.15) is 0 Å². The number of amides is 1. The number of aromatic nitrogens is 2. The maximum atomic E-state index is 12.4. The van der Waals surface area contributed by atoms with Crippen LogP contribution in [0.3, 0.4) is 0 Å². The van der Waals surface area contributed by atoms with Crippen LogP contribution < -0.4 is 10.2 Å². The number of piperidine rings is 1. The number of rotatable bonds is 7. The predicted molar refractivity (Wildman–Crippen MR) is 105 cm³/mol. The summed E-state index contributed by atoms with van der Waals surface area (Å²) < 4.78 is 0. The summed E-state index contributed by atoms with van der Waals surface area (Å²) in [5.74, 6) is 0.919. The highest BCUT2D eigenvalue weighted by Gasteiger charge is 2.26. The highest BCUT2D eigenvalue weighted by atomic mass is 16.1. The van der Waals surface area contributed by atoms with Crippen LogP contribution in [0.4, 0.5) is 5.95 Å². The average molecular weight is 352 g/mol. The highest BCUT2D eigenvalue weighted by molar-refractivity contribution is 5.79. The minimum absolute atomic E-state index is 0.0303. The molecule has 1 aromatic carbocycles. The van der Waals surface area contributed by atoms with Crippen LogP contribution in [0, 0.1) is 5.92 Å². The van der Waals surface area contributed by atoms with Gasteiger partial charge in [0.05, 0.1) is 5.92 Å². The molecule has 0 radical (unpaired) electrons. The zero-order chi connectivity index (χ0) is 18.2. The van der Waals surface area contributed by atoms with E-state index in [1.807, 2.05) is 30.6 Å². The molecule has 1 aliphatic rings. The fourth-order valence-electron chi connectivity index (χ4n) is 3.37. The van der Waals surface area contributed by atoms with E-state index in [-0.39, 0.29) is 11.8 Å². The molecule has 1 aliphatic heterocycles. The number of anilines is 1. The molecule has 1 aromatic heterocycles. The van der Waals surface area contributed by atoms with Gasteiger partial charge >= 0.3 is 0 Å². The van der Waals surface area contributed by atoms with Crippen LogP contribution in [0.1, 0.15) is 39.0 Å². The van der Waals surface area contributed by atoms with Gasteiger partial charge in [-0.3, -0.25) is 4.79 Å². The van der Waals surface area contributed by atoms with Gasteiger partial charge in [-0.15, -0.1) is 0 Å². The molecule has 1 N–H and O–H groups in total. The van der Waals surface area contributed by atoms with E-state index in [0.29, 0.717) is 12.5 Å². The second kappa shape index (κ2) is 9.32. The van der Waals surface area contributed by atoms with Crippen molar-refractivity contribution < 1.29 is 4.79 Å². The van der Waals surface area contributed by atoms with Gasteiger partial charge in [-0.05, 0) is 24.8 Å². The number of benzene rings is 1. The van der Waals surface area contributed by atoms with E-state index < -0.39 is 0 Å². The number of nitrogens with one attached hydrogen (secondary N) is 1. The summed E-state index contributed by atoms with van der Waals surface area (Å²) in [7, 11) is 0. The second-order valence-electron chi connectivity index (χ2n) is 6.92. The summed E-state index contributed by atoms with van der Waals surface area (Å²) in [6, 6.07) is 10.1. The van der Waals surface area contributed by atoms with Gasteiger partial charge in [0.15, 0.2) is 0 Å². The van der Waals surface area contributed by atoms with Crippen LogP contribution in [0.2, 0.25) is 0 Å². The van der Waals surface area contributed by atoms with E-state index in [4.69, 9.17) is 0 Å². The lowest BCUT2D eigenvalue weighted by Crippen LogP contribution is -2.43. The van der Waals surface area contributed by atoms with Crippen LogP contribution >= 0.6 is 0 Å². The molecule has 5 heteroatoms. The number of nitrogens with zero attached hydrogens (tertiary/aromatic N) is 3. The molecule has 1 atom stereocenters. The zero-order valence-electron chi connectivity index (χ0n) is 15.5. The molecule has 2 aromatic rings. The van der Waals surface area contributed by atoms with Crippen molar-refractivity contribution in [2.24, 2.45) is 5.92 Å².